The number of carbonyl (C=O) groups is 2. The normalized spacial score (nSPS) is 8.82. The van der Waals surface area contributed by atoms with Crippen LogP contribution in [0.4, 0.5) is 4.79 Å². The molecule has 0 fully saturated rings. The number of hydroxylamine groups is 1. The van der Waals surface area contributed by atoms with Crippen LogP contribution in [-0.4, -0.2) is 25.2 Å². The van der Waals surface area contributed by atoms with Gasteiger partial charge in [-0.3, -0.25) is 4.79 Å². The smallest absolute Gasteiger partial charge is 0.423 e. The highest BCUT2D eigenvalue weighted by Crippen LogP contribution is 1.73. The quantitative estimate of drug-likeness (QED) is 0.319. The Hall–Kier alpha value is -1.30. The summed E-state index contributed by atoms with van der Waals surface area (Å²) < 4.78 is 4.49. The molecule has 0 heterocycles. The third-order valence-electron chi connectivity index (χ3n) is 0.682. The van der Waals surface area contributed by atoms with Gasteiger partial charge in [-0.05, 0) is 0 Å². The zero-order chi connectivity index (χ0) is 8.69. The first-order valence-corrected chi connectivity index (χ1v) is 2.95. The minimum atomic E-state index is -0.923. The number of carbonyl (C=O) groups excluding carboxylic acids is 2. The lowest BCUT2D eigenvalue weighted by atomic mass is 10.7. The number of primary amides is 1. The predicted molar refractivity (Wildman–Crippen MR) is 35.3 cm³/mol. The van der Waals surface area contributed by atoms with E-state index in [0.717, 1.165) is 0 Å². The third kappa shape index (κ3) is 8.70. The van der Waals surface area contributed by atoms with Crippen molar-refractivity contribution >= 4 is 12.1 Å². The van der Waals surface area contributed by atoms with E-state index < -0.39 is 6.09 Å². The number of hydrogen-bond donors (Lipinski definition) is 2. The number of hydrogen-bond acceptors (Lipinski definition) is 5. The van der Waals surface area contributed by atoms with Crippen LogP contribution in [0.2, 0.25) is 0 Å². The molecule has 0 aliphatic rings. The van der Waals surface area contributed by atoms with E-state index in [4.69, 9.17) is 0 Å². The standard InChI is InChI=1S/C5H10N2O4/c1-4(8)10-3-2-7-11-5(6)9/h7H,2-3H2,1H3,(H2,6,9). The third-order valence-corrected chi connectivity index (χ3v) is 0.682. The SMILES string of the molecule is CC(=O)OCCNOC(N)=O. The van der Waals surface area contributed by atoms with Crippen molar-refractivity contribution in [1.29, 1.82) is 0 Å². The fraction of sp³-hybridized carbons (Fsp3) is 0.600. The van der Waals surface area contributed by atoms with Crippen molar-refractivity contribution in [2.24, 2.45) is 5.73 Å². The predicted octanol–water partition coefficient (Wildman–Crippen LogP) is -0.851. The van der Waals surface area contributed by atoms with Gasteiger partial charge in [-0.15, -0.1) is 5.48 Å². The molecule has 0 aromatic carbocycles. The average molecular weight is 162 g/mol. The summed E-state index contributed by atoms with van der Waals surface area (Å²) >= 11 is 0. The lowest BCUT2D eigenvalue weighted by Crippen LogP contribution is -2.27. The van der Waals surface area contributed by atoms with Crippen LogP contribution < -0.4 is 11.2 Å². The summed E-state index contributed by atoms with van der Waals surface area (Å²) in [7, 11) is 0. The first kappa shape index (κ1) is 9.70. The zero-order valence-electron chi connectivity index (χ0n) is 6.12. The largest absolute Gasteiger partial charge is 0.464 e. The Morgan fingerprint density at radius 1 is 1.55 bits per heavy atom. The van der Waals surface area contributed by atoms with Gasteiger partial charge >= 0.3 is 12.1 Å². The highest BCUT2D eigenvalue weighted by molar-refractivity contribution is 5.65. The molecule has 6 heteroatoms. The van der Waals surface area contributed by atoms with E-state index in [9.17, 15) is 9.59 Å². The van der Waals surface area contributed by atoms with E-state index in [1.54, 1.807) is 0 Å². The molecule has 0 saturated heterocycles. The van der Waals surface area contributed by atoms with Gasteiger partial charge in [-0.25, -0.2) is 4.79 Å². The van der Waals surface area contributed by atoms with Gasteiger partial charge < -0.3 is 15.3 Å². The summed E-state index contributed by atoms with van der Waals surface area (Å²) in [6, 6.07) is 0. The van der Waals surface area contributed by atoms with Crippen LogP contribution in [0, 0.1) is 0 Å². The number of nitrogens with two attached hydrogens (primary N) is 1. The van der Waals surface area contributed by atoms with Gasteiger partial charge in [-0.1, -0.05) is 0 Å². The molecule has 0 spiro atoms. The Morgan fingerprint density at radius 3 is 2.64 bits per heavy atom. The van der Waals surface area contributed by atoms with Crippen LogP contribution in [0.25, 0.3) is 0 Å². The van der Waals surface area contributed by atoms with E-state index in [-0.39, 0.29) is 19.1 Å². The Morgan fingerprint density at radius 2 is 2.18 bits per heavy atom. The van der Waals surface area contributed by atoms with Crippen LogP contribution in [-0.2, 0) is 14.4 Å². The summed E-state index contributed by atoms with van der Waals surface area (Å²) in [5, 5.41) is 0. The summed E-state index contributed by atoms with van der Waals surface area (Å²) in [5.74, 6) is -0.383. The highest BCUT2D eigenvalue weighted by atomic mass is 16.7. The Labute approximate surface area is 63.6 Å². The Kier molecular flexibility index (Phi) is 4.83. The molecular weight excluding hydrogens is 152 g/mol. The fourth-order valence-electron chi connectivity index (χ4n) is 0.359. The number of nitrogens with one attached hydrogen (secondary N) is 1. The van der Waals surface area contributed by atoms with Crippen LogP contribution in [0.5, 0.6) is 0 Å². The maximum atomic E-state index is 10.2. The second kappa shape index (κ2) is 5.48. The van der Waals surface area contributed by atoms with Gasteiger partial charge in [-0.2, -0.15) is 0 Å². The molecule has 64 valence electrons. The first-order chi connectivity index (χ1) is 5.13. The fourth-order valence-corrected chi connectivity index (χ4v) is 0.359. The van der Waals surface area contributed by atoms with Crippen molar-refractivity contribution in [3.8, 4) is 0 Å². The van der Waals surface area contributed by atoms with Crippen molar-refractivity contribution in [2.75, 3.05) is 13.2 Å². The first-order valence-electron chi connectivity index (χ1n) is 2.95. The van der Waals surface area contributed by atoms with Crippen LogP contribution in [0.3, 0.4) is 0 Å². The van der Waals surface area contributed by atoms with Crippen molar-refractivity contribution in [2.45, 2.75) is 6.92 Å². The van der Waals surface area contributed by atoms with E-state index in [1.807, 2.05) is 0 Å². The Bertz CT molecular complexity index is 131. The van der Waals surface area contributed by atoms with E-state index >= 15 is 0 Å². The van der Waals surface area contributed by atoms with Gasteiger partial charge in [0.05, 0.1) is 6.54 Å². The molecule has 11 heavy (non-hydrogen) atoms. The zero-order valence-corrected chi connectivity index (χ0v) is 6.12. The number of ether oxygens (including phenoxy) is 1. The lowest BCUT2D eigenvalue weighted by molar-refractivity contribution is -0.141. The molecule has 0 bridgehead atoms. The maximum absolute atomic E-state index is 10.2. The van der Waals surface area contributed by atoms with Crippen LogP contribution in [0.1, 0.15) is 6.92 Å². The van der Waals surface area contributed by atoms with Gasteiger partial charge in [0.1, 0.15) is 6.61 Å². The molecule has 0 atom stereocenters. The molecule has 6 nitrogen and oxygen atoms in total. The van der Waals surface area contributed by atoms with Gasteiger partial charge in [0, 0.05) is 6.92 Å². The number of esters is 1. The van der Waals surface area contributed by atoms with Crippen molar-refractivity contribution < 1.29 is 19.2 Å². The number of amides is 1. The Balaban J connectivity index is 3.03. The molecular formula is C5H10N2O4. The molecule has 0 aromatic rings. The molecule has 0 radical (unpaired) electrons. The minimum absolute atomic E-state index is 0.141. The average Bonchev–Trinajstić information content (AvgIpc) is 1.85. The second-order valence-corrected chi connectivity index (χ2v) is 1.66. The molecule has 3 N–H and O–H groups in total. The van der Waals surface area contributed by atoms with Crippen LogP contribution >= 0.6 is 0 Å². The maximum Gasteiger partial charge on any atom is 0.423 e. The van der Waals surface area contributed by atoms with Gasteiger partial charge in [0.15, 0.2) is 0 Å². The minimum Gasteiger partial charge on any atom is -0.464 e. The van der Waals surface area contributed by atoms with Crippen molar-refractivity contribution in [3.63, 3.8) is 0 Å². The molecule has 0 rings (SSSR count). The molecule has 0 aliphatic carbocycles. The summed E-state index contributed by atoms with van der Waals surface area (Å²) in [6.07, 6.45) is -0.923. The monoisotopic (exact) mass is 162 g/mol. The second-order valence-electron chi connectivity index (χ2n) is 1.66. The summed E-state index contributed by atoms with van der Waals surface area (Å²) in [6.45, 7) is 1.65. The molecule has 0 aliphatic heterocycles. The van der Waals surface area contributed by atoms with Crippen LogP contribution in [0.15, 0.2) is 0 Å². The topological polar surface area (TPSA) is 90.7 Å². The molecule has 0 saturated carbocycles. The van der Waals surface area contributed by atoms with Crippen molar-refractivity contribution in [3.05, 3.63) is 0 Å². The molecule has 0 unspecified atom stereocenters. The highest BCUT2D eigenvalue weighted by Gasteiger charge is 1.93. The number of rotatable bonds is 4. The summed E-state index contributed by atoms with van der Waals surface area (Å²) in [4.78, 5) is 24.2. The van der Waals surface area contributed by atoms with Crippen molar-refractivity contribution in [1.82, 2.24) is 5.48 Å². The lowest BCUT2D eigenvalue weighted by Gasteiger charge is -2.02. The van der Waals surface area contributed by atoms with Gasteiger partial charge in [0.2, 0.25) is 0 Å². The van der Waals surface area contributed by atoms with Gasteiger partial charge in [0.25, 0.3) is 0 Å². The van der Waals surface area contributed by atoms with E-state index in [0.29, 0.717) is 0 Å². The summed E-state index contributed by atoms with van der Waals surface area (Å²) in [5.41, 5.74) is 6.79. The molecule has 1 amide bonds. The van der Waals surface area contributed by atoms with E-state index in [1.165, 1.54) is 6.92 Å². The molecule has 0 aromatic heterocycles. The van der Waals surface area contributed by atoms with E-state index in [2.05, 4.69) is 20.8 Å².